The summed E-state index contributed by atoms with van der Waals surface area (Å²) in [4.78, 5) is 2.50. The van der Waals surface area contributed by atoms with Crippen molar-refractivity contribution in [3.05, 3.63) is 34.4 Å². The van der Waals surface area contributed by atoms with Gasteiger partial charge < -0.3 is 15.3 Å². The highest BCUT2D eigenvalue weighted by atomic mass is 16.3. The van der Waals surface area contributed by atoms with Crippen LogP contribution in [0.1, 0.15) is 55.0 Å². The van der Waals surface area contributed by atoms with Gasteiger partial charge >= 0.3 is 0 Å². The molecule has 0 radical (unpaired) electrons. The Morgan fingerprint density at radius 1 is 1.17 bits per heavy atom. The zero-order valence-electron chi connectivity index (χ0n) is 14.2. The molecule has 0 bridgehead atoms. The molecule has 2 aliphatic rings. The second kappa shape index (κ2) is 6.89. The highest BCUT2D eigenvalue weighted by molar-refractivity contribution is 5.41. The third kappa shape index (κ3) is 3.31. The molecule has 1 saturated heterocycles. The smallest absolute Gasteiger partial charge is 0.0685 e. The molecule has 2 heterocycles. The van der Waals surface area contributed by atoms with Crippen molar-refractivity contribution >= 4 is 0 Å². The fourth-order valence-corrected chi connectivity index (χ4v) is 4.37. The Hall–Kier alpha value is -0.940. The van der Waals surface area contributed by atoms with Gasteiger partial charge in [0.15, 0.2) is 0 Å². The fourth-order valence-electron chi connectivity index (χ4n) is 4.37. The fraction of sp³-hybridized carbons (Fsp3) is 0.684. The molecule has 128 valence electrons. The summed E-state index contributed by atoms with van der Waals surface area (Å²) in [6.45, 7) is 6.33. The molecule has 3 N–H and O–H groups in total. The minimum absolute atomic E-state index is 0.0311. The molecule has 0 amide bonds. The van der Waals surface area contributed by atoms with Gasteiger partial charge in [-0.1, -0.05) is 26.0 Å². The summed E-state index contributed by atoms with van der Waals surface area (Å²) in [5.74, 6) is 0.971. The molecule has 1 fully saturated rings. The second-order valence-corrected chi connectivity index (χ2v) is 7.59. The molecule has 3 unspecified atom stereocenters. The van der Waals surface area contributed by atoms with Crippen LogP contribution in [0.2, 0.25) is 0 Å². The van der Waals surface area contributed by atoms with Crippen molar-refractivity contribution in [3.63, 3.8) is 0 Å². The molecule has 23 heavy (non-hydrogen) atoms. The average Bonchev–Trinajstić information content (AvgIpc) is 2.53. The van der Waals surface area contributed by atoms with E-state index in [1.54, 1.807) is 0 Å². The number of rotatable bonds is 4. The Morgan fingerprint density at radius 3 is 2.52 bits per heavy atom. The molecule has 1 aromatic rings. The number of benzene rings is 1. The van der Waals surface area contributed by atoms with E-state index in [0.717, 1.165) is 43.5 Å². The Kier molecular flexibility index (Phi) is 5.07. The maximum atomic E-state index is 10.6. The van der Waals surface area contributed by atoms with Gasteiger partial charge in [0.2, 0.25) is 0 Å². The first-order chi connectivity index (χ1) is 11.0. The van der Waals surface area contributed by atoms with Crippen molar-refractivity contribution in [1.29, 1.82) is 0 Å². The number of aliphatic hydroxyl groups is 3. The summed E-state index contributed by atoms with van der Waals surface area (Å²) in [6, 6.07) is 4.34. The number of piperidine rings is 1. The quantitative estimate of drug-likeness (QED) is 0.794. The van der Waals surface area contributed by atoms with Gasteiger partial charge in [0.25, 0.3) is 0 Å². The second-order valence-electron chi connectivity index (χ2n) is 7.59. The van der Waals surface area contributed by atoms with Crippen LogP contribution >= 0.6 is 0 Å². The van der Waals surface area contributed by atoms with Crippen molar-refractivity contribution < 1.29 is 15.3 Å². The molecule has 0 aliphatic carbocycles. The summed E-state index contributed by atoms with van der Waals surface area (Å²) in [5, 5.41) is 29.6. The van der Waals surface area contributed by atoms with Crippen LogP contribution in [0.3, 0.4) is 0 Å². The van der Waals surface area contributed by atoms with Crippen LogP contribution < -0.4 is 0 Å². The van der Waals surface area contributed by atoms with E-state index in [1.165, 1.54) is 11.1 Å². The van der Waals surface area contributed by atoms with E-state index in [1.807, 2.05) is 12.1 Å². The number of hydrogen-bond donors (Lipinski definition) is 3. The molecule has 2 aliphatic heterocycles. The van der Waals surface area contributed by atoms with E-state index in [2.05, 4.69) is 18.7 Å². The van der Waals surface area contributed by atoms with Crippen LogP contribution in [0, 0.1) is 11.8 Å². The maximum Gasteiger partial charge on any atom is 0.0685 e. The van der Waals surface area contributed by atoms with Gasteiger partial charge in [0.1, 0.15) is 0 Å². The summed E-state index contributed by atoms with van der Waals surface area (Å²) < 4.78 is 0. The molecule has 0 spiro atoms. The standard InChI is InChI=1S/C19H29NO3/c1-12(2)5-14-9-20-4-3-13-6-15(10-21)16(11-22)7-17(13)18(20)8-19(14)23/h6-7,12,14,18-19,21-23H,3-5,8-11H2,1-2H3. The van der Waals surface area contributed by atoms with Gasteiger partial charge in [0.05, 0.1) is 19.3 Å². The molecule has 4 nitrogen and oxygen atoms in total. The molecule has 0 saturated carbocycles. The molecular formula is C19H29NO3. The van der Waals surface area contributed by atoms with Crippen molar-refractivity contribution in [1.82, 2.24) is 4.90 Å². The summed E-state index contributed by atoms with van der Waals surface area (Å²) >= 11 is 0. The minimum Gasteiger partial charge on any atom is -0.393 e. The summed E-state index contributed by atoms with van der Waals surface area (Å²) in [7, 11) is 0. The minimum atomic E-state index is -0.250. The Balaban J connectivity index is 1.87. The van der Waals surface area contributed by atoms with Crippen LogP contribution in [0.15, 0.2) is 12.1 Å². The predicted octanol–water partition coefficient (Wildman–Crippen LogP) is 2.00. The lowest BCUT2D eigenvalue weighted by atomic mass is 9.78. The number of fused-ring (bicyclic) bond motifs is 3. The molecule has 0 aromatic heterocycles. The third-order valence-corrected chi connectivity index (χ3v) is 5.52. The van der Waals surface area contributed by atoms with Crippen LogP contribution in [0.25, 0.3) is 0 Å². The first-order valence-corrected chi connectivity index (χ1v) is 8.81. The van der Waals surface area contributed by atoms with E-state index in [0.29, 0.717) is 11.8 Å². The van der Waals surface area contributed by atoms with Crippen LogP contribution in [0.5, 0.6) is 0 Å². The molecule has 4 heteroatoms. The van der Waals surface area contributed by atoms with Crippen molar-refractivity contribution in [2.24, 2.45) is 11.8 Å². The van der Waals surface area contributed by atoms with E-state index >= 15 is 0 Å². The SMILES string of the molecule is CC(C)CC1CN2CCc3cc(CO)c(CO)cc3C2CC1O. The largest absolute Gasteiger partial charge is 0.393 e. The van der Waals surface area contributed by atoms with E-state index in [-0.39, 0.29) is 25.4 Å². The number of aliphatic hydroxyl groups excluding tert-OH is 3. The van der Waals surface area contributed by atoms with Gasteiger partial charge in [-0.2, -0.15) is 0 Å². The molecule has 3 atom stereocenters. The van der Waals surface area contributed by atoms with Gasteiger partial charge in [-0.15, -0.1) is 0 Å². The normalized spacial score (nSPS) is 27.8. The predicted molar refractivity (Wildman–Crippen MR) is 89.9 cm³/mol. The Labute approximate surface area is 138 Å². The maximum absolute atomic E-state index is 10.6. The molecular weight excluding hydrogens is 290 g/mol. The van der Waals surface area contributed by atoms with E-state index in [9.17, 15) is 15.3 Å². The van der Waals surface area contributed by atoms with Gasteiger partial charge in [0, 0.05) is 19.1 Å². The van der Waals surface area contributed by atoms with Crippen molar-refractivity contribution in [3.8, 4) is 0 Å². The van der Waals surface area contributed by atoms with Crippen LogP contribution in [0.4, 0.5) is 0 Å². The lowest BCUT2D eigenvalue weighted by Crippen LogP contribution is -2.48. The van der Waals surface area contributed by atoms with Gasteiger partial charge in [-0.05, 0) is 53.4 Å². The zero-order chi connectivity index (χ0) is 16.6. The molecule has 1 aromatic carbocycles. The van der Waals surface area contributed by atoms with Crippen molar-refractivity contribution in [2.45, 2.75) is 58.5 Å². The molecule has 3 rings (SSSR count). The number of nitrogens with zero attached hydrogens (tertiary/aromatic N) is 1. The van der Waals surface area contributed by atoms with Crippen molar-refractivity contribution in [2.75, 3.05) is 13.1 Å². The lowest BCUT2D eigenvalue weighted by molar-refractivity contribution is -0.0191. The zero-order valence-corrected chi connectivity index (χ0v) is 14.2. The van der Waals surface area contributed by atoms with Crippen LogP contribution in [-0.4, -0.2) is 39.4 Å². The Morgan fingerprint density at radius 2 is 1.87 bits per heavy atom. The Bertz CT molecular complexity index is 558. The van der Waals surface area contributed by atoms with Crippen LogP contribution in [-0.2, 0) is 19.6 Å². The number of hydrogen-bond acceptors (Lipinski definition) is 4. The highest BCUT2D eigenvalue weighted by Gasteiger charge is 2.38. The summed E-state index contributed by atoms with van der Waals surface area (Å²) in [5.41, 5.74) is 4.14. The van der Waals surface area contributed by atoms with E-state index < -0.39 is 0 Å². The third-order valence-electron chi connectivity index (χ3n) is 5.52. The monoisotopic (exact) mass is 319 g/mol. The first kappa shape index (κ1) is 16.9. The van der Waals surface area contributed by atoms with E-state index in [4.69, 9.17) is 0 Å². The van der Waals surface area contributed by atoms with Gasteiger partial charge in [-0.3, -0.25) is 4.90 Å². The summed E-state index contributed by atoms with van der Waals surface area (Å²) in [6.07, 6.45) is 2.57. The lowest BCUT2D eigenvalue weighted by Gasteiger charge is -2.46. The average molecular weight is 319 g/mol. The first-order valence-electron chi connectivity index (χ1n) is 8.81. The highest BCUT2D eigenvalue weighted by Crippen LogP contribution is 2.40. The van der Waals surface area contributed by atoms with Gasteiger partial charge in [-0.25, -0.2) is 0 Å². The topological polar surface area (TPSA) is 63.9 Å².